The van der Waals surface area contributed by atoms with Gasteiger partial charge in [0.2, 0.25) is 0 Å². The molecule has 0 aromatic heterocycles. The van der Waals surface area contributed by atoms with Gasteiger partial charge in [-0.2, -0.15) is 0 Å². The van der Waals surface area contributed by atoms with Gasteiger partial charge in [0.25, 0.3) is 0 Å². The number of carbonyl (C=O) groups excluding carboxylic acids is 1. The zero-order valence-electron chi connectivity index (χ0n) is 13.4. The molecule has 22 heavy (non-hydrogen) atoms. The Labute approximate surface area is 145 Å². The standard InChI is InChI=1S/C16H23BrClNO3/c1-15(2,3)22-14(20)19-11-16(4,10-17)21-9-12-6-5-7-13(18)8-12/h5-8H,9-11H2,1-4H3,(H,19,20). The summed E-state index contributed by atoms with van der Waals surface area (Å²) in [6, 6.07) is 7.50. The Balaban J connectivity index is 2.51. The summed E-state index contributed by atoms with van der Waals surface area (Å²) >= 11 is 9.38. The van der Waals surface area contributed by atoms with Crippen molar-refractivity contribution in [1.82, 2.24) is 5.32 Å². The van der Waals surface area contributed by atoms with Crippen molar-refractivity contribution < 1.29 is 14.3 Å². The first kappa shape index (κ1) is 19.3. The summed E-state index contributed by atoms with van der Waals surface area (Å²) in [5.74, 6) is 0. The van der Waals surface area contributed by atoms with E-state index in [1.54, 1.807) is 0 Å². The summed E-state index contributed by atoms with van der Waals surface area (Å²) < 4.78 is 11.1. The Morgan fingerprint density at radius 3 is 2.55 bits per heavy atom. The smallest absolute Gasteiger partial charge is 0.407 e. The molecule has 0 saturated carbocycles. The van der Waals surface area contributed by atoms with Crippen molar-refractivity contribution >= 4 is 33.6 Å². The van der Waals surface area contributed by atoms with Crippen molar-refractivity contribution in [3.8, 4) is 0 Å². The second-order valence-electron chi connectivity index (χ2n) is 6.36. The Morgan fingerprint density at radius 2 is 2.00 bits per heavy atom. The molecule has 1 N–H and O–H groups in total. The van der Waals surface area contributed by atoms with Gasteiger partial charge in [-0.25, -0.2) is 4.79 Å². The number of benzene rings is 1. The Morgan fingerprint density at radius 1 is 1.32 bits per heavy atom. The molecule has 124 valence electrons. The third-order valence-electron chi connectivity index (χ3n) is 2.76. The molecule has 0 aliphatic heterocycles. The van der Waals surface area contributed by atoms with Gasteiger partial charge in [-0.1, -0.05) is 39.7 Å². The van der Waals surface area contributed by atoms with Gasteiger partial charge < -0.3 is 14.8 Å². The third-order valence-corrected chi connectivity index (χ3v) is 4.19. The molecule has 1 rings (SSSR count). The van der Waals surface area contributed by atoms with Gasteiger partial charge in [0.1, 0.15) is 5.60 Å². The van der Waals surface area contributed by atoms with Crippen LogP contribution in [-0.4, -0.2) is 29.2 Å². The highest BCUT2D eigenvalue weighted by atomic mass is 79.9. The maximum absolute atomic E-state index is 11.7. The van der Waals surface area contributed by atoms with Gasteiger partial charge in [0.05, 0.1) is 18.8 Å². The van der Waals surface area contributed by atoms with Crippen molar-refractivity contribution in [2.24, 2.45) is 0 Å². The molecule has 1 aromatic rings. The summed E-state index contributed by atoms with van der Waals surface area (Å²) in [5.41, 5.74) is -0.0765. The number of hydrogen-bond donors (Lipinski definition) is 1. The van der Waals surface area contributed by atoms with Crippen LogP contribution in [0.2, 0.25) is 5.02 Å². The number of alkyl carbamates (subject to hydrolysis) is 1. The minimum absolute atomic E-state index is 0.341. The van der Waals surface area contributed by atoms with E-state index in [1.165, 1.54) is 0 Å². The van der Waals surface area contributed by atoms with Crippen LogP contribution in [0.15, 0.2) is 24.3 Å². The predicted octanol–water partition coefficient (Wildman–Crippen LogP) is 4.53. The van der Waals surface area contributed by atoms with E-state index in [2.05, 4.69) is 21.2 Å². The molecule has 4 nitrogen and oxygen atoms in total. The largest absolute Gasteiger partial charge is 0.444 e. The Bertz CT molecular complexity index is 504. The summed E-state index contributed by atoms with van der Waals surface area (Å²) in [7, 11) is 0. The van der Waals surface area contributed by atoms with Crippen LogP contribution < -0.4 is 5.32 Å². The summed E-state index contributed by atoms with van der Waals surface area (Å²) in [4.78, 5) is 11.7. The number of amides is 1. The molecule has 0 aliphatic rings. The van der Waals surface area contributed by atoms with E-state index in [-0.39, 0.29) is 0 Å². The van der Waals surface area contributed by atoms with E-state index < -0.39 is 17.3 Å². The first-order valence-electron chi connectivity index (χ1n) is 7.05. The molecule has 1 aromatic carbocycles. The highest BCUT2D eigenvalue weighted by Gasteiger charge is 2.26. The molecule has 0 bridgehead atoms. The van der Waals surface area contributed by atoms with E-state index in [0.717, 1.165) is 5.56 Å². The predicted molar refractivity (Wildman–Crippen MR) is 92.7 cm³/mol. The lowest BCUT2D eigenvalue weighted by molar-refractivity contribution is -0.0257. The van der Waals surface area contributed by atoms with Crippen LogP contribution >= 0.6 is 27.5 Å². The van der Waals surface area contributed by atoms with Crippen LogP contribution in [0.4, 0.5) is 4.79 Å². The Kier molecular flexibility index (Phi) is 7.16. The molecular weight excluding hydrogens is 370 g/mol. The topological polar surface area (TPSA) is 47.6 Å². The maximum atomic E-state index is 11.7. The molecule has 1 amide bonds. The lowest BCUT2D eigenvalue weighted by atomic mass is 10.1. The van der Waals surface area contributed by atoms with Crippen LogP contribution in [0.5, 0.6) is 0 Å². The average molecular weight is 393 g/mol. The number of hydrogen-bond acceptors (Lipinski definition) is 3. The summed E-state index contributed by atoms with van der Waals surface area (Å²) in [6.07, 6.45) is -0.453. The van der Waals surface area contributed by atoms with E-state index in [1.807, 2.05) is 52.0 Å². The first-order valence-corrected chi connectivity index (χ1v) is 8.55. The number of rotatable bonds is 6. The molecule has 0 heterocycles. The van der Waals surface area contributed by atoms with Gasteiger partial charge >= 0.3 is 6.09 Å². The second-order valence-corrected chi connectivity index (χ2v) is 7.35. The van der Waals surface area contributed by atoms with Crippen LogP contribution in [0.1, 0.15) is 33.3 Å². The molecule has 0 aliphatic carbocycles. The van der Waals surface area contributed by atoms with Crippen molar-refractivity contribution in [3.63, 3.8) is 0 Å². The fourth-order valence-electron chi connectivity index (χ4n) is 1.59. The van der Waals surface area contributed by atoms with E-state index in [9.17, 15) is 4.79 Å². The van der Waals surface area contributed by atoms with Gasteiger partial charge in [0, 0.05) is 10.4 Å². The van der Waals surface area contributed by atoms with Gasteiger partial charge in [0.15, 0.2) is 0 Å². The number of alkyl halides is 1. The highest BCUT2D eigenvalue weighted by molar-refractivity contribution is 9.09. The van der Waals surface area contributed by atoms with Gasteiger partial charge in [-0.05, 0) is 45.4 Å². The van der Waals surface area contributed by atoms with Crippen molar-refractivity contribution in [2.75, 3.05) is 11.9 Å². The molecule has 0 spiro atoms. The second kappa shape index (κ2) is 8.18. The van der Waals surface area contributed by atoms with Crippen LogP contribution in [0.3, 0.4) is 0 Å². The molecule has 6 heteroatoms. The lowest BCUT2D eigenvalue weighted by Gasteiger charge is -2.29. The van der Waals surface area contributed by atoms with Crippen molar-refractivity contribution in [3.05, 3.63) is 34.9 Å². The molecular formula is C16H23BrClNO3. The minimum atomic E-state index is -0.542. The SMILES string of the molecule is CC(C)(C)OC(=O)NCC(C)(CBr)OCc1cccc(Cl)c1. The average Bonchev–Trinajstić information content (AvgIpc) is 2.41. The number of halogens is 2. The third kappa shape index (κ3) is 7.47. The molecule has 0 fully saturated rings. The molecule has 0 radical (unpaired) electrons. The van der Waals surface area contributed by atoms with E-state index >= 15 is 0 Å². The van der Waals surface area contributed by atoms with E-state index in [4.69, 9.17) is 21.1 Å². The fourth-order valence-corrected chi connectivity index (χ4v) is 2.17. The fraction of sp³-hybridized carbons (Fsp3) is 0.562. The highest BCUT2D eigenvalue weighted by Crippen LogP contribution is 2.18. The van der Waals surface area contributed by atoms with Gasteiger partial charge in [-0.15, -0.1) is 0 Å². The van der Waals surface area contributed by atoms with Gasteiger partial charge in [-0.3, -0.25) is 0 Å². The minimum Gasteiger partial charge on any atom is -0.444 e. The summed E-state index contributed by atoms with van der Waals surface area (Å²) in [5, 5.41) is 3.99. The number of ether oxygens (including phenoxy) is 2. The monoisotopic (exact) mass is 391 g/mol. The van der Waals surface area contributed by atoms with Crippen LogP contribution in [0, 0.1) is 0 Å². The first-order chi connectivity index (χ1) is 10.1. The van der Waals surface area contributed by atoms with Crippen molar-refractivity contribution in [1.29, 1.82) is 0 Å². The van der Waals surface area contributed by atoms with Crippen LogP contribution in [-0.2, 0) is 16.1 Å². The summed E-state index contributed by atoms with van der Waals surface area (Å²) in [6.45, 7) is 8.15. The lowest BCUT2D eigenvalue weighted by Crippen LogP contribution is -2.45. The van der Waals surface area contributed by atoms with Crippen molar-refractivity contribution in [2.45, 2.75) is 45.5 Å². The Hall–Kier alpha value is -0.780. The number of nitrogens with one attached hydrogen (secondary N) is 1. The molecule has 1 atom stereocenters. The normalized spacial score (nSPS) is 14.3. The zero-order chi connectivity index (χ0) is 16.8. The maximum Gasteiger partial charge on any atom is 0.407 e. The molecule has 0 saturated heterocycles. The quantitative estimate of drug-likeness (QED) is 0.723. The van der Waals surface area contributed by atoms with E-state index in [0.29, 0.717) is 23.5 Å². The zero-order valence-corrected chi connectivity index (χ0v) is 15.8. The number of carbonyl (C=O) groups is 1. The molecule has 1 unspecified atom stereocenters. The van der Waals surface area contributed by atoms with Crippen LogP contribution in [0.25, 0.3) is 0 Å².